The lowest BCUT2D eigenvalue weighted by molar-refractivity contribution is -0.144. The van der Waals surface area contributed by atoms with Crippen LogP contribution in [0.4, 0.5) is 4.39 Å². The van der Waals surface area contributed by atoms with Gasteiger partial charge in [-0.15, -0.1) is 11.3 Å². The molecular weight excluding hydrogens is 912 g/mol. The molecule has 4 N–H and O–H groups in total. The number of carbonyl (C=O) groups excluding carboxylic acids is 3. The number of ether oxygens (including phenoxy) is 3. The van der Waals surface area contributed by atoms with Crippen LogP contribution in [0.3, 0.4) is 0 Å². The fraction of sp³-hybridized carbons (Fsp3) is 0.434. The van der Waals surface area contributed by atoms with E-state index in [4.69, 9.17) is 19.2 Å². The van der Waals surface area contributed by atoms with E-state index >= 15 is 0 Å². The summed E-state index contributed by atoms with van der Waals surface area (Å²) in [5.74, 6) is -1.62. The van der Waals surface area contributed by atoms with Gasteiger partial charge in [0, 0.05) is 61.9 Å². The van der Waals surface area contributed by atoms with Gasteiger partial charge in [0.25, 0.3) is 0 Å². The number of rotatable bonds is 21. The van der Waals surface area contributed by atoms with Gasteiger partial charge in [-0.1, -0.05) is 57.2 Å². The number of nitrogens with one attached hydrogen (secondary N) is 3. The second-order valence-electron chi connectivity index (χ2n) is 19.0. The lowest BCUT2D eigenvalue weighted by Gasteiger charge is -2.35. The Kier molecular flexibility index (Phi) is 17.3. The van der Waals surface area contributed by atoms with Gasteiger partial charge >= 0.3 is 0 Å². The molecule has 4 heterocycles. The molecule has 1 aliphatic heterocycles. The van der Waals surface area contributed by atoms with Gasteiger partial charge in [-0.25, -0.2) is 14.4 Å². The number of nitrogens with zero attached hydrogens (tertiary/aromatic N) is 5. The molecule has 0 spiro atoms. The predicted molar refractivity (Wildman–Crippen MR) is 269 cm³/mol. The summed E-state index contributed by atoms with van der Waals surface area (Å²) in [7, 11) is 1.96. The molecule has 6 aromatic rings. The highest BCUT2D eigenvalue weighted by Gasteiger charge is 2.44. The van der Waals surface area contributed by atoms with Crippen LogP contribution in [-0.4, -0.2) is 118 Å². The van der Waals surface area contributed by atoms with Crippen LogP contribution in [0.15, 0.2) is 78.7 Å². The molecule has 1 saturated heterocycles. The first kappa shape index (κ1) is 51.9. The molecule has 372 valence electrons. The Balaban J connectivity index is 0.788. The molecule has 1 fully saturated rings. The predicted octanol–water partition coefficient (Wildman–Crippen LogP) is 7.00. The number of benzene rings is 3. The Morgan fingerprint density at radius 3 is 2.29 bits per heavy atom. The fourth-order valence-corrected chi connectivity index (χ4v) is 9.80. The maximum absolute atomic E-state index is 14.0. The number of likely N-dealkylation sites (tertiary alicyclic amines) is 1. The first-order chi connectivity index (χ1) is 33.5. The molecule has 0 saturated carbocycles. The lowest BCUT2D eigenvalue weighted by atomic mass is 9.85. The van der Waals surface area contributed by atoms with Crippen molar-refractivity contribution in [1.82, 2.24) is 40.4 Å². The summed E-state index contributed by atoms with van der Waals surface area (Å²) < 4.78 is 33.0. The Labute approximate surface area is 413 Å². The van der Waals surface area contributed by atoms with E-state index in [0.717, 1.165) is 66.3 Å². The number of pyridine rings is 1. The van der Waals surface area contributed by atoms with Gasteiger partial charge in [-0.05, 0) is 79.1 Å². The second kappa shape index (κ2) is 23.3. The van der Waals surface area contributed by atoms with Crippen LogP contribution in [0.25, 0.3) is 43.9 Å². The van der Waals surface area contributed by atoms with Crippen molar-refractivity contribution in [2.75, 3.05) is 52.7 Å². The minimum Gasteiger partial charge on any atom is -0.391 e. The highest BCUT2D eigenvalue weighted by atomic mass is 32.1. The average molecular weight is 977 g/mol. The SMILES string of the molecule is Cc1cc(CNCCOCCOCCOCC(=O)N[C@H](C(=O)N2C[C@H](O)C[C@H]2C(=O)N[C@@H](C)c2ccc(-c3scnc3C)cc2)C(C)(C)C)cc(C)c1-c1ncn(C)c1-c1ccnc2cc(F)ccc12. The average Bonchev–Trinajstić information content (AvgIpc) is 4.04. The van der Waals surface area contributed by atoms with E-state index in [1.54, 1.807) is 23.6 Å². The number of aryl methyl sites for hydroxylation is 4. The van der Waals surface area contributed by atoms with Gasteiger partial charge in [0.1, 0.15) is 24.5 Å². The van der Waals surface area contributed by atoms with Crippen molar-refractivity contribution >= 4 is 40.0 Å². The number of fused-ring (bicyclic) bond motifs is 1. The molecule has 0 bridgehead atoms. The van der Waals surface area contributed by atoms with Gasteiger partial charge < -0.3 is 44.7 Å². The molecule has 0 unspecified atom stereocenters. The number of aliphatic hydroxyl groups excluding tert-OH is 1. The van der Waals surface area contributed by atoms with Crippen molar-refractivity contribution < 1.29 is 38.1 Å². The van der Waals surface area contributed by atoms with E-state index in [1.807, 2.05) is 88.4 Å². The van der Waals surface area contributed by atoms with Gasteiger partial charge in [0.05, 0.1) is 84.5 Å². The van der Waals surface area contributed by atoms with Crippen LogP contribution in [0.2, 0.25) is 0 Å². The van der Waals surface area contributed by atoms with Crippen molar-refractivity contribution in [1.29, 1.82) is 0 Å². The van der Waals surface area contributed by atoms with E-state index in [0.29, 0.717) is 38.4 Å². The highest BCUT2D eigenvalue weighted by molar-refractivity contribution is 7.13. The molecule has 70 heavy (non-hydrogen) atoms. The zero-order chi connectivity index (χ0) is 50.1. The van der Waals surface area contributed by atoms with Crippen molar-refractivity contribution in [3.8, 4) is 33.0 Å². The number of hydrogen-bond acceptors (Lipinski definition) is 12. The normalized spacial score (nSPS) is 15.9. The maximum atomic E-state index is 14.0. The first-order valence-corrected chi connectivity index (χ1v) is 24.6. The number of hydrogen-bond donors (Lipinski definition) is 4. The standard InChI is InChI=1S/C53H65FN8O7S/c1-32-23-36(24-33(2)46(32)47-48(61(8)30-57-47)42-15-16-56-43-25-39(54)13-14-41(42)43)27-55-17-18-67-19-20-68-21-22-69-29-45(64)60-50(53(5,6)7)52(66)62-28-40(63)26-44(62)51(65)59-34(3)37-9-11-38(12-10-37)49-35(4)58-31-70-49/h9-16,23-25,30-31,34,40,44,50,55,63H,17-22,26-29H2,1-8H3,(H,59,65)(H,60,64)/t34-,40+,44-,50+/m0/s1. The summed E-state index contributed by atoms with van der Waals surface area (Å²) in [5.41, 5.74) is 11.8. The molecule has 0 radical (unpaired) electrons. The van der Waals surface area contributed by atoms with Gasteiger partial charge in [0.2, 0.25) is 17.7 Å². The number of aliphatic hydroxyl groups is 1. The van der Waals surface area contributed by atoms with E-state index < -0.39 is 35.4 Å². The van der Waals surface area contributed by atoms with Crippen LogP contribution in [-0.2, 0) is 42.2 Å². The second-order valence-corrected chi connectivity index (χ2v) is 19.9. The fourth-order valence-electron chi connectivity index (χ4n) is 8.99. The summed E-state index contributed by atoms with van der Waals surface area (Å²) in [4.78, 5) is 56.7. The highest BCUT2D eigenvalue weighted by Crippen LogP contribution is 2.38. The Hall–Kier alpha value is -5.95. The third kappa shape index (κ3) is 12.7. The first-order valence-electron chi connectivity index (χ1n) is 23.7. The summed E-state index contributed by atoms with van der Waals surface area (Å²) in [5, 5.41) is 20.8. The van der Waals surface area contributed by atoms with Crippen LogP contribution in [0.5, 0.6) is 0 Å². The Morgan fingerprint density at radius 1 is 0.900 bits per heavy atom. The maximum Gasteiger partial charge on any atom is 0.246 e. The summed E-state index contributed by atoms with van der Waals surface area (Å²) in [6.07, 6.45) is 2.72. The molecule has 3 aromatic carbocycles. The van der Waals surface area contributed by atoms with Gasteiger partial charge in [-0.2, -0.15) is 0 Å². The summed E-state index contributed by atoms with van der Waals surface area (Å²) in [6, 6.07) is 16.7. The third-order valence-corrected chi connectivity index (χ3v) is 13.5. The summed E-state index contributed by atoms with van der Waals surface area (Å²) in [6.45, 7) is 16.2. The molecule has 17 heteroatoms. The molecule has 0 aliphatic carbocycles. The molecular formula is C53H65FN8O7S. The van der Waals surface area contributed by atoms with Gasteiger partial charge in [0.15, 0.2) is 0 Å². The lowest BCUT2D eigenvalue weighted by Crippen LogP contribution is -2.58. The van der Waals surface area contributed by atoms with E-state index in [2.05, 4.69) is 51.9 Å². The number of carbonyl (C=O) groups is 3. The van der Waals surface area contributed by atoms with Crippen molar-refractivity contribution in [3.05, 3.63) is 112 Å². The molecule has 15 nitrogen and oxygen atoms in total. The number of β-amino-alcohol motifs (C(OH)–C–C–N with tert-alkyl or cyclic N) is 1. The van der Waals surface area contributed by atoms with Crippen molar-refractivity contribution in [3.63, 3.8) is 0 Å². The van der Waals surface area contributed by atoms with Crippen molar-refractivity contribution in [2.45, 2.75) is 85.7 Å². The zero-order valence-electron chi connectivity index (χ0n) is 41.3. The number of amides is 3. The molecule has 7 rings (SSSR count). The number of thiazole rings is 1. The Morgan fingerprint density at radius 2 is 1.60 bits per heavy atom. The van der Waals surface area contributed by atoms with E-state index in [-0.39, 0.29) is 50.6 Å². The van der Waals surface area contributed by atoms with Crippen molar-refractivity contribution in [2.24, 2.45) is 12.5 Å². The van der Waals surface area contributed by atoms with E-state index in [9.17, 15) is 23.9 Å². The van der Waals surface area contributed by atoms with Gasteiger partial charge in [-0.3, -0.25) is 19.4 Å². The van der Waals surface area contributed by atoms with Crippen LogP contribution in [0.1, 0.15) is 68.1 Å². The number of aromatic nitrogens is 4. The Bertz CT molecular complexity index is 2750. The van der Waals surface area contributed by atoms with Crippen LogP contribution in [0, 0.1) is 32.0 Å². The van der Waals surface area contributed by atoms with Crippen LogP contribution >= 0.6 is 11.3 Å². The third-order valence-electron chi connectivity index (χ3n) is 12.5. The molecule has 4 atom stereocenters. The number of halogens is 1. The zero-order valence-corrected chi connectivity index (χ0v) is 42.1. The number of imidazole rings is 1. The smallest absolute Gasteiger partial charge is 0.246 e. The molecule has 3 amide bonds. The molecule has 1 aliphatic rings. The minimum atomic E-state index is -0.970. The van der Waals surface area contributed by atoms with Crippen LogP contribution < -0.4 is 16.0 Å². The van der Waals surface area contributed by atoms with E-state index in [1.165, 1.54) is 17.0 Å². The quantitative estimate of drug-likeness (QED) is 0.0546. The summed E-state index contributed by atoms with van der Waals surface area (Å²) >= 11 is 1.57. The topological polar surface area (TPSA) is 182 Å². The molecule has 3 aromatic heterocycles. The monoisotopic (exact) mass is 976 g/mol. The largest absolute Gasteiger partial charge is 0.391 e. The minimum absolute atomic E-state index is 0.0205.